The third kappa shape index (κ3) is 5.10. The number of nitrogens with zero attached hydrogens (tertiary/aromatic N) is 4. The van der Waals surface area contributed by atoms with Crippen LogP contribution >= 0.6 is 14.4 Å². The number of rotatable bonds is 7. The van der Waals surface area contributed by atoms with Gasteiger partial charge in [0.1, 0.15) is 0 Å². The standard InChI is InChI=1S/C23H56N4P2Si5/c1-29(2,23-21-19-18-20-22-23)25(31(6,7)8)28(24-30(3,4)5,26(29)32(9,10)11)27(33(12,13)14)34(15,16)17/h18-22H,1-17H3. The Bertz CT molecular complexity index is 921. The molecule has 1 saturated heterocycles. The van der Waals surface area contributed by atoms with E-state index in [2.05, 4.69) is 154 Å². The van der Waals surface area contributed by atoms with Crippen molar-refractivity contribution < 1.29 is 0 Å². The molecule has 1 heterocycles. The molecule has 0 saturated carbocycles. The zero-order chi connectivity index (χ0) is 27.0. The first-order chi connectivity index (χ1) is 14.7. The van der Waals surface area contributed by atoms with Crippen LogP contribution in [0.3, 0.4) is 0 Å². The molecule has 0 N–H and O–H groups in total. The van der Waals surface area contributed by atoms with E-state index in [4.69, 9.17) is 4.41 Å². The molecule has 198 valence electrons. The van der Waals surface area contributed by atoms with Gasteiger partial charge in [-0.25, -0.2) is 0 Å². The van der Waals surface area contributed by atoms with Gasteiger partial charge < -0.3 is 0 Å². The maximum atomic E-state index is 6.24. The minimum atomic E-state index is -2.61. The molecule has 0 radical (unpaired) electrons. The van der Waals surface area contributed by atoms with Crippen molar-refractivity contribution in [1.29, 1.82) is 0 Å². The molecule has 1 aliphatic rings. The SMILES string of the molecule is C[Si](C)(C)N=P1(N([Si](C)(C)C)[Si](C)(C)C)N([Si](C)(C)C)P(C)(C)(c2ccccc2)N1[Si](C)(C)C. The van der Waals surface area contributed by atoms with Crippen molar-refractivity contribution in [2.75, 3.05) is 13.3 Å². The van der Waals surface area contributed by atoms with Crippen LogP contribution in [0.1, 0.15) is 0 Å². The van der Waals surface area contributed by atoms with E-state index in [0.717, 1.165) is 0 Å². The van der Waals surface area contributed by atoms with Gasteiger partial charge in [-0.05, 0) is 0 Å². The van der Waals surface area contributed by atoms with Crippen LogP contribution < -0.4 is 5.30 Å². The summed E-state index contributed by atoms with van der Waals surface area (Å²) in [5.41, 5.74) is 0. The Labute approximate surface area is 218 Å². The first-order valence-corrected chi connectivity index (χ1v) is 34.7. The monoisotopic (exact) mass is 590 g/mol. The molecule has 0 unspecified atom stereocenters. The van der Waals surface area contributed by atoms with Crippen molar-refractivity contribution in [2.24, 2.45) is 4.41 Å². The third-order valence-corrected chi connectivity index (χ3v) is 46.5. The van der Waals surface area contributed by atoms with Crippen molar-refractivity contribution >= 4 is 60.9 Å². The van der Waals surface area contributed by atoms with E-state index in [0.29, 0.717) is 0 Å². The topological polar surface area (TPSA) is 22.1 Å². The van der Waals surface area contributed by atoms with Gasteiger partial charge in [-0.2, -0.15) is 0 Å². The fourth-order valence-electron chi connectivity index (χ4n) is 7.00. The molecule has 34 heavy (non-hydrogen) atoms. The molecule has 1 aromatic rings. The number of hydrogen-bond donors (Lipinski definition) is 0. The second kappa shape index (κ2) is 8.68. The Morgan fingerprint density at radius 1 is 0.647 bits per heavy atom. The summed E-state index contributed by atoms with van der Waals surface area (Å²) in [6.07, 6.45) is 0. The summed E-state index contributed by atoms with van der Waals surface area (Å²) in [6, 6.07) is 11.6. The van der Waals surface area contributed by atoms with Crippen LogP contribution in [0.4, 0.5) is 0 Å². The van der Waals surface area contributed by atoms with Crippen molar-refractivity contribution in [3.05, 3.63) is 30.3 Å². The van der Waals surface area contributed by atoms with Crippen LogP contribution in [-0.4, -0.2) is 66.7 Å². The number of hydrogen-bond acceptors (Lipinski definition) is 1. The first kappa shape index (κ1) is 31.1. The van der Waals surface area contributed by atoms with Gasteiger partial charge in [0, 0.05) is 0 Å². The molecule has 0 aromatic heterocycles. The van der Waals surface area contributed by atoms with Crippen molar-refractivity contribution in [2.45, 2.75) is 98.2 Å². The summed E-state index contributed by atoms with van der Waals surface area (Å²) in [5.74, 6) is 0. The predicted molar refractivity (Wildman–Crippen MR) is 176 cm³/mol. The first-order valence-electron chi connectivity index (χ1n) is 12.8. The zero-order valence-electron chi connectivity index (χ0n) is 25.6. The summed E-state index contributed by atoms with van der Waals surface area (Å²) >= 11 is 0. The summed E-state index contributed by atoms with van der Waals surface area (Å²) in [4.78, 5) is 0. The molecule has 0 aliphatic carbocycles. The molecule has 1 aromatic carbocycles. The van der Waals surface area contributed by atoms with Crippen LogP contribution in [0.2, 0.25) is 98.2 Å². The normalized spacial score (nSPS) is 26.0. The van der Waals surface area contributed by atoms with Crippen LogP contribution in [0.5, 0.6) is 0 Å². The van der Waals surface area contributed by atoms with E-state index in [9.17, 15) is 0 Å². The van der Waals surface area contributed by atoms with Crippen molar-refractivity contribution in [1.82, 2.24) is 12.2 Å². The zero-order valence-corrected chi connectivity index (χ0v) is 32.4. The third-order valence-electron chi connectivity index (χ3n) is 6.30. The Morgan fingerprint density at radius 3 is 1.26 bits per heavy atom. The van der Waals surface area contributed by atoms with Gasteiger partial charge in [-0.3, -0.25) is 0 Å². The van der Waals surface area contributed by atoms with Gasteiger partial charge >= 0.3 is 219 Å². The van der Waals surface area contributed by atoms with Gasteiger partial charge in [0.15, 0.2) is 0 Å². The Balaban J connectivity index is 3.28. The van der Waals surface area contributed by atoms with Gasteiger partial charge in [0.05, 0.1) is 0 Å². The molecule has 0 bridgehead atoms. The average molecular weight is 591 g/mol. The summed E-state index contributed by atoms with van der Waals surface area (Å²) in [5, 5.41) is 1.56. The quantitative estimate of drug-likeness (QED) is 0.234. The molecular weight excluding hydrogens is 535 g/mol. The summed E-state index contributed by atoms with van der Waals surface area (Å²) < 4.78 is 15.9. The average Bonchev–Trinajstić information content (AvgIpc) is 2.46. The molecule has 2 rings (SSSR count). The molecule has 0 atom stereocenters. The van der Waals surface area contributed by atoms with Gasteiger partial charge in [-0.15, -0.1) is 0 Å². The second-order valence-electron chi connectivity index (χ2n) is 15.7. The molecule has 1 aliphatic heterocycles. The van der Waals surface area contributed by atoms with Crippen LogP contribution in [-0.2, 0) is 0 Å². The van der Waals surface area contributed by atoms with E-state index in [1.807, 2.05) is 0 Å². The molecule has 4 nitrogen and oxygen atoms in total. The molecule has 0 spiro atoms. The predicted octanol–water partition coefficient (Wildman–Crippen LogP) is 9.00. The van der Waals surface area contributed by atoms with Crippen molar-refractivity contribution in [3.63, 3.8) is 0 Å². The second-order valence-corrected chi connectivity index (χ2v) is 50.9. The van der Waals surface area contributed by atoms with Gasteiger partial charge in [-0.1, -0.05) is 0 Å². The van der Waals surface area contributed by atoms with Crippen LogP contribution in [0.25, 0.3) is 0 Å². The molecular formula is C23H56N4P2Si5. The molecule has 0 amide bonds. The van der Waals surface area contributed by atoms with Crippen LogP contribution in [0.15, 0.2) is 34.7 Å². The van der Waals surface area contributed by atoms with E-state index in [1.165, 1.54) is 0 Å². The Kier molecular flexibility index (Phi) is 7.93. The van der Waals surface area contributed by atoms with Gasteiger partial charge in [0.2, 0.25) is 0 Å². The van der Waals surface area contributed by atoms with Gasteiger partial charge in [0.25, 0.3) is 0 Å². The number of benzene rings is 1. The van der Waals surface area contributed by atoms with E-state index < -0.39 is 55.6 Å². The fraction of sp³-hybridized carbons (Fsp3) is 0.739. The molecule has 11 heteroatoms. The van der Waals surface area contributed by atoms with Crippen molar-refractivity contribution in [3.8, 4) is 0 Å². The molecule has 1 fully saturated rings. The van der Waals surface area contributed by atoms with Crippen LogP contribution in [0, 0.1) is 0 Å². The van der Waals surface area contributed by atoms with E-state index in [1.54, 1.807) is 5.30 Å². The minimum absolute atomic E-state index is 1.56. The Morgan fingerprint density at radius 2 is 1.00 bits per heavy atom. The summed E-state index contributed by atoms with van der Waals surface area (Å²) in [7, 11) is -10.8. The summed E-state index contributed by atoms with van der Waals surface area (Å²) in [6.45, 7) is 41.4. The van der Waals surface area contributed by atoms with E-state index in [-0.39, 0.29) is 0 Å². The maximum absolute atomic E-state index is 6.24. The Hall–Kier alpha value is 0.844. The van der Waals surface area contributed by atoms with E-state index >= 15 is 0 Å². The fourth-order valence-corrected chi connectivity index (χ4v) is 64.8.